The lowest BCUT2D eigenvalue weighted by Gasteiger charge is -2.18. The van der Waals surface area contributed by atoms with Crippen LogP contribution in [-0.2, 0) is 24.6 Å². The lowest BCUT2D eigenvalue weighted by molar-refractivity contribution is -0.142. The van der Waals surface area contributed by atoms with Gasteiger partial charge in [-0.3, -0.25) is 9.59 Å². The van der Waals surface area contributed by atoms with Gasteiger partial charge in [-0.25, -0.2) is 0 Å². The van der Waals surface area contributed by atoms with E-state index in [9.17, 15) is 14.7 Å². The van der Waals surface area contributed by atoms with Gasteiger partial charge in [-0.1, -0.05) is 35.5 Å². The van der Waals surface area contributed by atoms with Crippen LogP contribution in [0.25, 0.3) is 0 Å². The van der Waals surface area contributed by atoms with Crippen molar-refractivity contribution in [2.75, 3.05) is 13.2 Å². The van der Waals surface area contributed by atoms with Gasteiger partial charge in [0, 0.05) is 0 Å². The molecule has 0 radical (unpaired) electrons. The molecule has 132 valence electrons. The summed E-state index contributed by atoms with van der Waals surface area (Å²) in [6, 6.07) is 8.63. The molecule has 7 heteroatoms. The molecule has 0 bridgehead atoms. The number of nitrogens with zero attached hydrogens (tertiary/aromatic N) is 1. The fourth-order valence-corrected chi connectivity index (χ4v) is 3.89. The second kappa shape index (κ2) is 5.84. The first-order chi connectivity index (χ1) is 12.0. The van der Waals surface area contributed by atoms with Gasteiger partial charge in [-0.15, -0.1) is 0 Å². The molecular formula is C18H20N2O5. The molecule has 2 aliphatic heterocycles. The number of ether oxygens (including phenoxy) is 1. The van der Waals surface area contributed by atoms with Crippen molar-refractivity contribution in [3.63, 3.8) is 0 Å². The van der Waals surface area contributed by atoms with Gasteiger partial charge in [0.1, 0.15) is 5.41 Å². The highest BCUT2D eigenvalue weighted by Gasteiger charge is 2.65. The zero-order valence-corrected chi connectivity index (χ0v) is 13.8. The van der Waals surface area contributed by atoms with Crippen LogP contribution in [-0.4, -0.2) is 48.1 Å². The summed E-state index contributed by atoms with van der Waals surface area (Å²) in [7, 11) is 0. The van der Waals surface area contributed by atoms with Crippen molar-refractivity contribution in [3.8, 4) is 0 Å². The van der Waals surface area contributed by atoms with Crippen molar-refractivity contribution in [2.24, 2.45) is 17.0 Å². The molecule has 1 aromatic carbocycles. The van der Waals surface area contributed by atoms with E-state index in [4.69, 9.17) is 9.57 Å². The number of fused-ring (bicyclic) bond motifs is 1. The maximum absolute atomic E-state index is 12.7. The van der Waals surface area contributed by atoms with Gasteiger partial charge in [0.25, 0.3) is 0 Å². The number of carboxylic acids is 1. The number of amides is 1. The molecule has 1 saturated carbocycles. The summed E-state index contributed by atoms with van der Waals surface area (Å²) in [5.41, 5.74) is 0.302. The van der Waals surface area contributed by atoms with Crippen LogP contribution in [0.3, 0.4) is 0 Å². The van der Waals surface area contributed by atoms with Gasteiger partial charge in [0.2, 0.25) is 5.91 Å². The van der Waals surface area contributed by atoms with Gasteiger partial charge in [0.15, 0.2) is 6.10 Å². The molecule has 1 unspecified atom stereocenters. The van der Waals surface area contributed by atoms with Crippen LogP contribution in [0.5, 0.6) is 0 Å². The Kier molecular flexibility index (Phi) is 3.76. The third-order valence-corrected chi connectivity index (χ3v) is 5.45. The number of carbonyl (C=O) groups is 2. The quantitative estimate of drug-likeness (QED) is 0.828. The molecule has 1 amide bonds. The zero-order valence-electron chi connectivity index (χ0n) is 13.8. The summed E-state index contributed by atoms with van der Waals surface area (Å²) in [5.74, 6) is -1.73. The number of oxime groups is 1. The monoisotopic (exact) mass is 344 g/mol. The van der Waals surface area contributed by atoms with E-state index < -0.39 is 17.3 Å². The van der Waals surface area contributed by atoms with E-state index in [1.54, 1.807) is 24.3 Å². The van der Waals surface area contributed by atoms with Gasteiger partial charge >= 0.3 is 5.97 Å². The summed E-state index contributed by atoms with van der Waals surface area (Å²) in [5, 5.41) is 16.7. The third-order valence-electron chi connectivity index (χ3n) is 5.45. The fourth-order valence-electron chi connectivity index (χ4n) is 3.89. The van der Waals surface area contributed by atoms with Crippen LogP contribution in [0.2, 0.25) is 0 Å². The first-order valence-electron chi connectivity index (χ1n) is 8.44. The number of aliphatic carboxylic acids is 1. The average molecular weight is 344 g/mol. The summed E-state index contributed by atoms with van der Waals surface area (Å²) >= 11 is 0. The predicted molar refractivity (Wildman–Crippen MR) is 88.1 cm³/mol. The highest BCUT2D eigenvalue weighted by atomic mass is 16.7. The van der Waals surface area contributed by atoms with Crippen molar-refractivity contribution in [1.82, 2.24) is 5.32 Å². The first-order valence-corrected chi connectivity index (χ1v) is 8.44. The van der Waals surface area contributed by atoms with Crippen LogP contribution in [0.15, 0.2) is 35.5 Å². The van der Waals surface area contributed by atoms with Crippen molar-refractivity contribution in [2.45, 2.75) is 30.9 Å². The standard InChI is InChI=1S/C18H20N2O5/c1-10(15-12-8-24-9-14(12)25-20-15)19-16(21)13-7-18(13,17(22)23)11-5-3-2-4-6-11/h2-6,10,12-14H,7-9H2,1H3,(H,19,21)(H,22,23)/t10?,12-,13-,14+,18+/m0/s1. The van der Waals surface area contributed by atoms with Crippen molar-refractivity contribution in [3.05, 3.63) is 35.9 Å². The van der Waals surface area contributed by atoms with Gasteiger partial charge < -0.3 is 20.0 Å². The molecule has 3 aliphatic rings. The molecule has 2 N–H and O–H groups in total. The molecule has 5 atom stereocenters. The van der Waals surface area contributed by atoms with E-state index in [-0.39, 0.29) is 24.0 Å². The maximum atomic E-state index is 12.7. The minimum atomic E-state index is -1.13. The van der Waals surface area contributed by atoms with Crippen molar-refractivity contribution < 1.29 is 24.3 Å². The molecule has 0 aromatic heterocycles. The highest BCUT2D eigenvalue weighted by molar-refractivity contribution is 6.00. The minimum Gasteiger partial charge on any atom is -0.481 e. The lowest BCUT2D eigenvalue weighted by Crippen LogP contribution is -2.44. The molecule has 1 aromatic rings. The number of benzene rings is 1. The smallest absolute Gasteiger partial charge is 0.314 e. The third kappa shape index (κ3) is 2.50. The van der Waals surface area contributed by atoms with Crippen LogP contribution >= 0.6 is 0 Å². The van der Waals surface area contributed by atoms with Crippen molar-refractivity contribution in [1.29, 1.82) is 0 Å². The molecule has 4 rings (SSSR count). The molecule has 2 heterocycles. The summed E-state index contributed by atoms with van der Waals surface area (Å²) in [6.07, 6.45) is 0.237. The number of carbonyl (C=O) groups excluding carboxylic acids is 1. The number of nitrogens with one attached hydrogen (secondary N) is 1. The van der Waals surface area contributed by atoms with E-state index in [0.717, 1.165) is 5.71 Å². The largest absolute Gasteiger partial charge is 0.481 e. The Bertz CT molecular complexity index is 734. The van der Waals surface area contributed by atoms with Crippen molar-refractivity contribution >= 4 is 17.6 Å². The summed E-state index contributed by atoms with van der Waals surface area (Å²) < 4.78 is 5.38. The van der Waals surface area contributed by atoms with Gasteiger partial charge in [-0.05, 0) is 18.9 Å². The second-order valence-corrected chi connectivity index (χ2v) is 6.93. The maximum Gasteiger partial charge on any atom is 0.314 e. The van der Waals surface area contributed by atoms with E-state index in [1.807, 2.05) is 13.0 Å². The second-order valence-electron chi connectivity index (χ2n) is 6.93. The predicted octanol–water partition coefficient (Wildman–Crippen LogP) is 0.935. The summed E-state index contributed by atoms with van der Waals surface area (Å²) in [4.78, 5) is 29.8. The van der Waals surface area contributed by atoms with Crippen LogP contribution < -0.4 is 5.32 Å². The van der Waals surface area contributed by atoms with E-state index in [2.05, 4.69) is 10.5 Å². The Hall–Kier alpha value is -2.41. The van der Waals surface area contributed by atoms with Crippen LogP contribution in [0, 0.1) is 11.8 Å². The van der Waals surface area contributed by atoms with E-state index >= 15 is 0 Å². The highest BCUT2D eigenvalue weighted by Crippen LogP contribution is 2.54. The Morgan fingerprint density at radius 3 is 2.80 bits per heavy atom. The Morgan fingerprint density at radius 2 is 2.08 bits per heavy atom. The number of carboxylic acid groups (broad SMARTS) is 1. The molecule has 0 spiro atoms. The molecule has 25 heavy (non-hydrogen) atoms. The minimum absolute atomic E-state index is 0.0628. The summed E-state index contributed by atoms with van der Waals surface area (Å²) in [6.45, 7) is 2.89. The molecular weight excluding hydrogens is 324 g/mol. The van der Waals surface area contributed by atoms with E-state index in [1.165, 1.54) is 0 Å². The van der Waals surface area contributed by atoms with Gasteiger partial charge in [0.05, 0.1) is 36.8 Å². The molecule has 7 nitrogen and oxygen atoms in total. The Labute approximate surface area is 145 Å². The SMILES string of the molecule is CC(NC(=O)[C@@H]1C[C@@]1(C(=O)O)c1ccccc1)C1=NO[C@@H]2COC[C@H]12. The van der Waals surface area contributed by atoms with Crippen LogP contribution in [0.4, 0.5) is 0 Å². The number of hydrogen-bond acceptors (Lipinski definition) is 5. The Morgan fingerprint density at radius 1 is 1.32 bits per heavy atom. The molecule has 2 fully saturated rings. The average Bonchev–Trinajstić information content (AvgIpc) is 2.99. The fraction of sp³-hybridized carbons (Fsp3) is 0.500. The normalized spacial score (nSPS) is 33.8. The first kappa shape index (κ1) is 16.1. The van der Waals surface area contributed by atoms with Gasteiger partial charge in [-0.2, -0.15) is 0 Å². The Balaban J connectivity index is 1.46. The topological polar surface area (TPSA) is 97.2 Å². The van der Waals surface area contributed by atoms with E-state index in [0.29, 0.717) is 25.2 Å². The lowest BCUT2D eigenvalue weighted by atomic mass is 9.92. The molecule has 1 aliphatic carbocycles. The number of rotatable bonds is 5. The zero-order chi connectivity index (χ0) is 17.6. The molecule has 1 saturated heterocycles. The number of hydrogen-bond donors (Lipinski definition) is 2. The van der Waals surface area contributed by atoms with Crippen LogP contribution in [0.1, 0.15) is 18.9 Å².